The predicted molar refractivity (Wildman–Crippen MR) is 115 cm³/mol. The predicted octanol–water partition coefficient (Wildman–Crippen LogP) is 3.99. The van der Waals surface area contributed by atoms with Gasteiger partial charge in [0.15, 0.2) is 0 Å². The number of sulfonamides is 1. The lowest BCUT2D eigenvalue weighted by atomic mass is 10.2. The van der Waals surface area contributed by atoms with Crippen molar-refractivity contribution in [2.75, 3.05) is 17.3 Å². The summed E-state index contributed by atoms with van der Waals surface area (Å²) >= 11 is 0. The molecule has 0 spiro atoms. The summed E-state index contributed by atoms with van der Waals surface area (Å²) in [4.78, 5) is 10.4. The van der Waals surface area contributed by atoms with E-state index in [0.717, 1.165) is 6.07 Å². The average Bonchev–Trinajstić information content (AvgIpc) is 2.74. The molecule has 0 fully saturated rings. The van der Waals surface area contributed by atoms with Gasteiger partial charge in [0.25, 0.3) is 15.7 Å². The van der Waals surface area contributed by atoms with Gasteiger partial charge in [-0.05, 0) is 54.1 Å². The molecule has 0 bridgehead atoms. The Morgan fingerprint density at radius 1 is 1.10 bits per heavy atom. The fourth-order valence-corrected chi connectivity index (χ4v) is 3.64. The molecule has 0 radical (unpaired) electrons. The highest BCUT2D eigenvalue weighted by molar-refractivity contribution is 7.92. The van der Waals surface area contributed by atoms with Gasteiger partial charge in [-0.15, -0.1) is 0 Å². The summed E-state index contributed by atoms with van der Waals surface area (Å²) in [5, 5.41) is 15.3. The first-order chi connectivity index (χ1) is 14.8. The molecule has 0 saturated carbocycles. The van der Waals surface area contributed by atoms with Crippen molar-refractivity contribution in [3.8, 4) is 5.75 Å². The van der Waals surface area contributed by atoms with Crippen molar-refractivity contribution in [3.05, 3.63) is 88.2 Å². The number of benzene rings is 3. The van der Waals surface area contributed by atoms with E-state index >= 15 is 0 Å². The number of nitro groups is 1. The molecule has 11 heteroatoms. The Bertz CT molecular complexity index is 1230. The molecule has 3 aromatic carbocycles. The van der Waals surface area contributed by atoms with E-state index in [1.165, 1.54) is 55.8 Å². The molecular weight excluding hydrogens is 427 g/mol. The Morgan fingerprint density at radius 2 is 1.84 bits per heavy atom. The second-order valence-corrected chi connectivity index (χ2v) is 7.88. The van der Waals surface area contributed by atoms with Crippen molar-refractivity contribution in [1.29, 1.82) is 0 Å². The maximum atomic E-state index is 13.2. The third-order valence-corrected chi connectivity index (χ3v) is 5.44. The molecule has 3 rings (SSSR count). The van der Waals surface area contributed by atoms with Crippen LogP contribution in [0.3, 0.4) is 0 Å². The van der Waals surface area contributed by atoms with Crippen molar-refractivity contribution >= 4 is 33.3 Å². The van der Waals surface area contributed by atoms with Crippen LogP contribution in [-0.2, 0) is 10.0 Å². The van der Waals surface area contributed by atoms with E-state index < -0.39 is 26.5 Å². The molecule has 0 aliphatic carbocycles. The number of hydrazone groups is 1. The summed E-state index contributed by atoms with van der Waals surface area (Å²) in [5.74, 6) is 0.0988. The number of halogens is 1. The zero-order valence-corrected chi connectivity index (χ0v) is 17.0. The Kier molecular flexibility index (Phi) is 6.46. The molecule has 0 aliphatic heterocycles. The number of hydrogen-bond donors (Lipinski definition) is 2. The van der Waals surface area contributed by atoms with E-state index in [-0.39, 0.29) is 16.3 Å². The largest absolute Gasteiger partial charge is 0.497 e. The molecule has 0 aliphatic rings. The fraction of sp³-hybridized carbons (Fsp3) is 0.0500. The molecular formula is C20H17FN4O5S. The maximum absolute atomic E-state index is 13.2. The van der Waals surface area contributed by atoms with Crippen molar-refractivity contribution in [3.63, 3.8) is 0 Å². The van der Waals surface area contributed by atoms with Crippen LogP contribution in [0, 0.1) is 15.9 Å². The molecule has 2 N–H and O–H groups in total. The van der Waals surface area contributed by atoms with Crippen molar-refractivity contribution in [2.45, 2.75) is 4.90 Å². The van der Waals surface area contributed by atoms with Crippen LogP contribution in [0.4, 0.5) is 21.5 Å². The van der Waals surface area contributed by atoms with Gasteiger partial charge in [0, 0.05) is 11.8 Å². The quantitative estimate of drug-likeness (QED) is 0.308. The van der Waals surface area contributed by atoms with E-state index in [0.29, 0.717) is 11.3 Å². The first-order valence-corrected chi connectivity index (χ1v) is 10.3. The number of anilines is 2. The van der Waals surface area contributed by atoms with Crippen LogP contribution in [0.15, 0.2) is 76.7 Å². The zero-order chi connectivity index (χ0) is 22.4. The minimum Gasteiger partial charge on any atom is -0.497 e. The number of methoxy groups -OCH3 is 1. The smallest absolute Gasteiger partial charge is 0.295 e. The summed E-state index contributed by atoms with van der Waals surface area (Å²) in [5.41, 5.74) is 2.67. The van der Waals surface area contributed by atoms with Gasteiger partial charge in [-0.2, -0.15) is 5.10 Å². The molecule has 0 aromatic heterocycles. The van der Waals surface area contributed by atoms with Gasteiger partial charge in [0.05, 0.1) is 23.1 Å². The monoisotopic (exact) mass is 444 g/mol. The number of nitro benzene ring substituents is 1. The van der Waals surface area contributed by atoms with Crippen LogP contribution in [0.5, 0.6) is 5.75 Å². The molecule has 9 nitrogen and oxygen atoms in total. The van der Waals surface area contributed by atoms with Gasteiger partial charge in [-0.1, -0.05) is 12.1 Å². The molecule has 0 saturated heterocycles. The second-order valence-electron chi connectivity index (χ2n) is 6.20. The van der Waals surface area contributed by atoms with E-state index in [4.69, 9.17) is 4.74 Å². The maximum Gasteiger partial charge on any atom is 0.295 e. The second kappa shape index (κ2) is 9.22. The third-order valence-electron chi connectivity index (χ3n) is 4.07. The summed E-state index contributed by atoms with van der Waals surface area (Å²) in [6.45, 7) is 0. The number of nitrogens with zero attached hydrogens (tertiary/aromatic N) is 2. The fourth-order valence-electron chi connectivity index (χ4n) is 2.56. The lowest BCUT2D eigenvalue weighted by Crippen LogP contribution is -2.13. The molecule has 0 heterocycles. The first-order valence-electron chi connectivity index (χ1n) is 8.78. The number of rotatable bonds is 8. The van der Waals surface area contributed by atoms with Crippen LogP contribution in [0.25, 0.3) is 0 Å². The average molecular weight is 444 g/mol. The minimum atomic E-state index is -4.08. The normalized spacial score (nSPS) is 11.3. The van der Waals surface area contributed by atoms with Crippen LogP contribution < -0.4 is 14.9 Å². The Hall–Kier alpha value is -3.99. The van der Waals surface area contributed by atoms with E-state index in [1.807, 2.05) is 0 Å². The van der Waals surface area contributed by atoms with Crippen molar-refractivity contribution < 1.29 is 22.5 Å². The van der Waals surface area contributed by atoms with Gasteiger partial charge >= 0.3 is 0 Å². The molecule has 0 atom stereocenters. The molecule has 0 unspecified atom stereocenters. The van der Waals surface area contributed by atoms with Gasteiger partial charge in [-0.25, -0.2) is 12.8 Å². The Labute approximate surface area is 177 Å². The summed E-state index contributed by atoms with van der Waals surface area (Å²) < 4.78 is 45.8. The molecule has 31 heavy (non-hydrogen) atoms. The van der Waals surface area contributed by atoms with E-state index in [1.54, 1.807) is 18.2 Å². The first kappa shape index (κ1) is 21.7. The summed E-state index contributed by atoms with van der Waals surface area (Å²) in [6, 6.07) is 15.1. The minimum absolute atomic E-state index is 0.0268. The number of hydrogen-bond acceptors (Lipinski definition) is 7. The van der Waals surface area contributed by atoms with Crippen LogP contribution in [-0.4, -0.2) is 26.7 Å². The standard InChI is InChI=1S/C20H17FN4O5S/c1-30-17-7-5-16(6-8-17)24-31(28,29)18-9-10-19(20(12-18)25(26)27)23-22-13-14-3-2-4-15(21)11-14/h2-13,23-24H,1H3/b22-13-. The molecule has 0 amide bonds. The number of nitrogens with one attached hydrogen (secondary N) is 2. The summed E-state index contributed by atoms with van der Waals surface area (Å²) in [7, 11) is -2.59. The lowest BCUT2D eigenvalue weighted by molar-refractivity contribution is -0.384. The van der Waals surface area contributed by atoms with Crippen molar-refractivity contribution in [2.24, 2.45) is 5.10 Å². The molecule has 160 valence electrons. The highest BCUT2D eigenvalue weighted by atomic mass is 32.2. The zero-order valence-electron chi connectivity index (χ0n) is 16.2. The third kappa shape index (κ3) is 5.54. The van der Waals surface area contributed by atoms with E-state index in [9.17, 15) is 22.9 Å². The van der Waals surface area contributed by atoms with E-state index in [2.05, 4.69) is 15.2 Å². The summed E-state index contributed by atoms with van der Waals surface area (Å²) in [6.07, 6.45) is 1.28. The van der Waals surface area contributed by atoms with Gasteiger partial charge in [-0.3, -0.25) is 20.3 Å². The van der Waals surface area contributed by atoms with Crippen LogP contribution in [0.2, 0.25) is 0 Å². The Balaban J connectivity index is 1.82. The van der Waals surface area contributed by atoms with Crippen LogP contribution in [0.1, 0.15) is 5.56 Å². The Morgan fingerprint density at radius 3 is 2.48 bits per heavy atom. The highest BCUT2D eigenvalue weighted by Crippen LogP contribution is 2.29. The topological polar surface area (TPSA) is 123 Å². The SMILES string of the molecule is COc1ccc(NS(=O)(=O)c2ccc(N/N=C\c3cccc(F)c3)c([N+](=O)[O-])c2)cc1. The van der Waals surface area contributed by atoms with Gasteiger partial charge < -0.3 is 4.74 Å². The molecule has 3 aromatic rings. The van der Waals surface area contributed by atoms with Gasteiger partial charge in [0.1, 0.15) is 17.3 Å². The lowest BCUT2D eigenvalue weighted by Gasteiger charge is -2.10. The highest BCUT2D eigenvalue weighted by Gasteiger charge is 2.21. The number of ether oxygens (including phenoxy) is 1. The van der Waals surface area contributed by atoms with Gasteiger partial charge in [0.2, 0.25) is 0 Å². The van der Waals surface area contributed by atoms with Crippen molar-refractivity contribution in [1.82, 2.24) is 0 Å². The van der Waals surface area contributed by atoms with Crippen LogP contribution >= 0.6 is 0 Å².